The van der Waals surface area contributed by atoms with Crippen molar-refractivity contribution >= 4 is 30.7 Å². The zero-order valence-corrected chi connectivity index (χ0v) is 25.7. The monoisotopic (exact) mass is 601 g/mol. The van der Waals surface area contributed by atoms with Crippen molar-refractivity contribution in [1.82, 2.24) is 15.0 Å². The van der Waals surface area contributed by atoms with Crippen LogP contribution in [-0.4, -0.2) is 41.4 Å². The number of hydrogen-bond acceptors (Lipinski definition) is 7. The molecule has 1 saturated carbocycles. The van der Waals surface area contributed by atoms with Crippen LogP contribution < -0.4 is 10.3 Å². The molecule has 224 valence electrons. The first kappa shape index (κ1) is 30.3. The van der Waals surface area contributed by atoms with Crippen LogP contribution in [0.3, 0.4) is 0 Å². The van der Waals surface area contributed by atoms with Gasteiger partial charge in [0.2, 0.25) is 0 Å². The number of hydrogen-bond donors (Lipinski definition) is 0. The van der Waals surface area contributed by atoms with Crippen molar-refractivity contribution in [2.45, 2.75) is 51.7 Å². The summed E-state index contributed by atoms with van der Waals surface area (Å²) in [5.74, 6) is -1.88. The number of benzene rings is 3. The van der Waals surface area contributed by atoms with Crippen molar-refractivity contribution in [3.05, 3.63) is 100 Å². The first-order valence-electron chi connectivity index (χ1n) is 14.6. The standard InChI is InChI=1S/C33H36FN3O5Si/c1-43(2,3)19-18-41-33(40)30-24(20-37-32(39)27-6-4-5-7-29(27)35-36-37)12-17-28(30)31(38)23-10-15-26(16-11-23)42-21-22-8-13-25(34)14-9-22/h4-11,13-16,24,28,30H,12,17-21H2,1-3H3. The molecule has 0 aliphatic heterocycles. The van der Waals surface area contributed by atoms with E-state index in [9.17, 15) is 18.8 Å². The molecule has 8 nitrogen and oxygen atoms in total. The first-order chi connectivity index (χ1) is 20.6. The molecule has 5 rings (SSSR count). The predicted molar refractivity (Wildman–Crippen MR) is 164 cm³/mol. The second-order valence-electron chi connectivity index (χ2n) is 12.3. The van der Waals surface area contributed by atoms with Crippen molar-refractivity contribution in [3.63, 3.8) is 0 Å². The number of carbonyl (C=O) groups excluding carboxylic acids is 2. The lowest BCUT2D eigenvalue weighted by atomic mass is 9.84. The Balaban J connectivity index is 1.33. The molecule has 1 aromatic heterocycles. The third-order valence-electron chi connectivity index (χ3n) is 7.99. The summed E-state index contributed by atoms with van der Waals surface area (Å²) in [6.07, 6.45) is 1.07. The molecule has 0 bridgehead atoms. The maximum Gasteiger partial charge on any atom is 0.310 e. The number of fused-ring (bicyclic) bond motifs is 1. The summed E-state index contributed by atoms with van der Waals surface area (Å²) in [7, 11) is -1.44. The zero-order valence-electron chi connectivity index (χ0n) is 24.7. The van der Waals surface area contributed by atoms with Gasteiger partial charge in [-0.05, 0) is 78.9 Å². The fourth-order valence-electron chi connectivity index (χ4n) is 5.53. The Hall–Kier alpha value is -4.18. The van der Waals surface area contributed by atoms with Crippen LogP contribution in [0.15, 0.2) is 77.6 Å². The van der Waals surface area contributed by atoms with Gasteiger partial charge in [0, 0.05) is 19.6 Å². The maximum absolute atomic E-state index is 13.8. The SMILES string of the molecule is C[Si](C)(C)CCOC(=O)C1C(Cn2nnc3ccccc3c2=O)CCC1C(=O)c1ccc(OCc2ccc(F)cc2)cc1. The second-order valence-corrected chi connectivity index (χ2v) is 18.0. The number of aromatic nitrogens is 3. The molecule has 3 unspecified atom stereocenters. The minimum Gasteiger partial charge on any atom is -0.489 e. The topological polar surface area (TPSA) is 100 Å². The summed E-state index contributed by atoms with van der Waals surface area (Å²) in [4.78, 5) is 40.5. The summed E-state index contributed by atoms with van der Waals surface area (Å²) in [5.41, 5.74) is 1.53. The molecule has 43 heavy (non-hydrogen) atoms. The number of rotatable bonds is 11. The molecule has 10 heteroatoms. The molecule has 0 saturated heterocycles. The van der Waals surface area contributed by atoms with Gasteiger partial charge in [-0.15, -0.1) is 5.10 Å². The van der Waals surface area contributed by atoms with Crippen LogP contribution in [-0.2, 0) is 22.7 Å². The Bertz CT molecular complexity index is 1650. The number of ether oxygens (including phenoxy) is 2. The van der Waals surface area contributed by atoms with Crippen LogP contribution in [0.2, 0.25) is 25.7 Å². The van der Waals surface area contributed by atoms with E-state index in [2.05, 4.69) is 30.0 Å². The molecule has 1 aliphatic carbocycles. The highest BCUT2D eigenvalue weighted by Crippen LogP contribution is 2.41. The molecule has 4 aromatic rings. The van der Waals surface area contributed by atoms with E-state index in [-0.39, 0.29) is 36.2 Å². The van der Waals surface area contributed by atoms with Gasteiger partial charge in [-0.3, -0.25) is 14.4 Å². The number of halogens is 1. The molecule has 3 aromatic carbocycles. The molecule has 0 amide bonds. The number of nitrogens with zero attached hydrogens (tertiary/aromatic N) is 3. The van der Waals surface area contributed by atoms with Gasteiger partial charge >= 0.3 is 5.97 Å². The molecule has 0 spiro atoms. The van der Waals surface area contributed by atoms with Gasteiger partial charge in [0.25, 0.3) is 5.56 Å². The van der Waals surface area contributed by atoms with Crippen LogP contribution in [0.25, 0.3) is 10.9 Å². The average Bonchev–Trinajstić information content (AvgIpc) is 3.41. The van der Waals surface area contributed by atoms with Crippen molar-refractivity contribution in [1.29, 1.82) is 0 Å². The smallest absolute Gasteiger partial charge is 0.310 e. The second kappa shape index (κ2) is 13.0. The minimum absolute atomic E-state index is 0.142. The highest BCUT2D eigenvalue weighted by molar-refractivity contribution is 6.76. The number of esters is 1. The Morgan fingerprint density at radius 1 is 0.977 bits per heavy atom. The van der Waals surface area contributed by atoms with E-state index in [1.54, 1.807) is 60.7 Å². The Morgan fingerprint density at radius 3 is 2.42 bits per heavy atom. The highest BCUT2D eigenvalue weighted by atomic mass is 28.3. The van der Waals surface area contributed by atoms with Gasteiger partial charge in [-0.25, -0.2) is 9.07 Å². The molecule has 0 N–H and O–H groups in total. The van der Waals surface area contributed by atoms with Crippen molar-refractivity contribution in [2.75, 3.05) is 6.61 Å². The van der Waals surface area contributed by atoms with Gasteiger partial charge < -0.3 is 9.47 Å². The largest absolute Gasteiger partial charge is 0.489 e. The van der Waals surface area contributed by atoms with E-state index in [0.29, 0.717) is 41.7 Å². The lowest BCUT2D eigenvalue weighted by Gasteiger charge is -2.24. The van der Waals surface area contributed by atoms with Crippen molar-refractivity contribution in [3.8, 4) is 5.75 Å². The fourth-order valence-corrected chi connectivity index (χ4v) is 6.25. The van der Waals surface area contributed by atoms with Crippen LogP contribution >= 0.6 is 0 Å². The summed E-state index contributed by atoms with van der Waals surface area (Å²) < 4.78 is 26.0. The Labute approximate surface area is 250 Å². The fraction of sp³-hybridized carbons (Fsp3) is 0.364. The summed E-state index contributed by atoms with van der Waals surface area (Å²) in [6.45, 7) is 7.38. The van der Waals surface area contributed by atoms with E-state index in [0.717, 1.165) is 11.6 Å². The normalized spacial score (nSPS) is 18.5. The Kier molecular flexibility index (Phi) is 9.15. The minimum atomic E-state index is -1.44. The molecule has 1 aliphatic rings. The number of ketones is 1. The van der Waals surface area contributed by atoms with Crippen LogP contribution in [0.4, 0.5) is 4.39 Å². The first-order valence-corrected chi connectivity index (χ1v) is 18.3. The number of Topliss-reactive ketones (excluding diaryl/α,β-unsaturated/α-hetero) is 1. The summed E-state index contributed by atoms with van der Waals surface area (Å²) in [6, 6.07) is 20.7. The van der Waals surface area contributed by atoms with E-state index in [4.69, 9.17) is 9.47 Å². The number of carbonyl (C=O) groups is 2. The average molecular weight is 602 g/mol. The predicted octanol–water partition coefficient (Wildman–Crippen LogP) is 5.92. The van der Waals surface area contributed by atoms with Gasteiger partial charge in [0.15, 0.2) is 5.78 Å². The van der Waals surface area contributed by atoms with Crippen LogP contribution in [0.5, 0.6) is 5.75 Å². The van der Waals surface area contributed by atoms with Gasteiger partial charge in [-0.1, -0.05) is 49.1 Å². The van der Waals surface area contributed by atoms with Gasteiger partial charge in [0.05, 0.1) is 24.5 Å². The molecular formula is C33H36FN3O5Si. The van der Waals surface area contributed by atoms with Crippen LogP contribution in [0.1, 0.15) is 28.8 Å². The lowest BCUT2D eigenvalue weighted by molar-refractivity contribution is -0.150. The van der Waals surface area contributed by atoms with E-state index in [1.165, 1.54) is 16.8 Å². The van der Waals surface area contributed by atoms with E-state index < -0.39 is 25.9 Å². The van der Waals surface area contributed by atoms with E-state index >= 15 is 0 Å². The van der Waals surface area contributed by atoms with E-state index in [1.807, 2.05) is 0 Å². The van der Waals surface area contributed by atoms with Crippen molar-refractivity contribution in [2.24, 2.45) is 17.8 Å². The maximum atomic E-state index is 13.8. The van der Waals surface area contributed by atoms with Gasteiger partial charge in [0.1, 0.15) is 23.7 Å². The molecule has 1 fully saturated rings. The molecular weight excluding hydrogens is 565 g/mol. The quantitative estimate of drug-likeness (QED) is 0.120. The third kappa shape index (κ3) is 7.43. The Morgan fingerprint density at radius 2 is 1.70 bits per heavy atom. The summed E-state index contributed by atoms with van der Waals surface area (Å²) >= 11 is 0. The highest BCUT2D eigenvalue weighted by Gasteiger charge is 2.46. The van der Waals surface area contributed by atoms with Crippen LogP contribution in [0, 0.1) is 23.6 Å². The molecule has 1 heterocycles. The third-order valence-corrected chi connectivity index (χ3v) is 9.69. The summed E-state index contributed by atoms with van der Waals surface area (Å²) in [5, 5.41) is 8.77. The molecule has 3 atom stereocenters. The lowest BCUT2D eigenvalue weighted by Crippen LogP contribution is -2.36. The zero-order chi connectivity index (χ0) is 30.6. The van der Waals surface area contributed by atoms with Gasteiger partial charge in [-0.2, -0.15) is 0 Å². The molecule has 0 radical (unpaired) electrons. The van der Waals surface area contributed by atoms with Crippen molar-refractivity contribution < 1.29 is 23.5 Å².